The smallest absolute Gasteiger partial charge is 0.376 e. The van der Waals surface area contributed by atoms with E-state index < -0.39 is 57.0 Å². The number of amides is 2. The number of nitrogens with two attached hydrogens (primary N) is 1. The van der Waals surface area contributed by atoms with E-state index in [1.165, 1.54) is 11.0 Å². The third-order valence-electron chi connectivity index (χ3n) is 7.23. The fraction of sp³-hybridized carbons (Fsp3) is 0.440. The first kappa shape index (κ1) is 27.8. The minimum absolute atomic E-state index is 0.0662. The molecule has 0 radical (unpaired) electrons. The van der Waals surface area contributed by atoms with Crippen LogP contribution in [0, 0.1) is 11.7 Å². The molecule has 2 aliphatic rings. The molecule has 3 atom stereocenters. The van der Waals surface area contributed by atoms with Crippen LogP contribution in [-0.2, 0) is 31.6 Å². The molecule has 13 heteroatoms. The van der Waals surface area contributed by atoms with E-state index in [9.17, 15) is 40.7 Å². The zero-order valence-corrected chi connectivity index (χ0v) is 21.2. The summed E-state index contributed by atoms with van der Waals surface area (Å²) in [6.45, 7) is 1.02. The number of benzene rings is 2. The number of halogens is 4. The molecule has 38 heavy (non-hydrogen) atoms. The molecule has 206 valence electrons. The number of aryl methyl sites for hydroxylation is 1. The maximum absolute atomic E-state index is 13.7. The van der Waals surface area contributed by atoms with Gasteiger partial charge in [-0.05, 0) is 67.6 Å². The van der Waals surface area contributed by atoms with E-state index in [0.717, 1.165) is 40.7 Å². The highest BCUT2D eigenvalue weighted by atomic mass is 32.2. The van der Waals surface area contributed by atoms with Gasteiger partial charge >= 0.3 is 6.18 Å². The number of hydrogen-bond donors (Lipinski definition) is 2. The van der Waals surface area contributed by atoms with Gasteiger partial charge in [0.15, 0.2) is 5.60 Å². The fourth-order valence-electron chi connectivity index (χ4n) is 4.88. The molecular formula is C25H27F4N3O5S. The number of rotatable bonds is 6. The van der Waals surface area contributed by atoms with Gasteiger partial charge in [-0.25, -0.2) is 12.8 Å². The molecule has 2 aromatic carbocycles. The Balaban J connectivity index is 1.73. The molecular weight excluding hydrogens is 530 g/mol. The molecule has 1 fully saturated rings. The summed E-state index contributed by atoms with van der Waals surface area (Å²) in [4.78, 5) is 25.8. The summed E-state index contributed by atoms with van der Waals surface area (Å²) in [6, 6.07) is 6.48. The minimum Gasteiger partial charge on any atom is -0.376 e. The van der Waals surface area contributed by atoms with Crippen LogP contribution in [0.2, 0.25) is 0 Å². The molecule has 2 aliphatic heterocycles. The molecule has 0 aromatic heterocycles. The van der Waals surface area contributed by atoms with Gasteiger partial charge in [-0.1, -0.05) is 12.1 Å². The lowest BCUT2D eigenvalue weighted by Crippen LogP contribution is -2.47. The summed E-state index contributed by atoms with van der Waals surface area (Å²) in [5.74, 6) is -2.08. The van der Waals surface area contributed by atoms with E-state index in [1.54, 1.807) is 0 Å². The molecule has 0 bridgehead atoms. The van der Waals surface area contributed by atoms with Crippen molar-refractivity contribution in [3.8, 4) is 0 Å². The topological polar surface area (TPSA) is 121 Å². The van der Waals surface area contributed by atoms with Crippen molar-refractivity contribution >= 4 is 27.5 Å². The lowest BCUT2D eigenvalue weighted by molar-refractivity contribution is -0.258. The third-order valence-corrected chi connectivity index (χ3v) is 9.11. The number of hydrogen-bond acceptors (Lipinski definition) is 5. The number of primary amides is 1. The molecule has 0 saturated carbocycles. The molecule has 3 N–H and O–H groups in total. The highest BCUT2D eigenvalue weighted by Gasteiger charge is 2.51. The second-order valence-corrected chi connectivity index (χ2v) is 11.6. The average Bonchev–Trinajstić information content (AvgIpc) is 3.34. The first-order valence-corrected chi connectivity index (χ1v) is 13.4. The van der Waals surface area contributed by atoms with E-state index in [4.69, 9.17) is 5.73 Å². The average molecular weight is 558 g/mol. The molecule has 2 unspecified atom stereocenters. The number of carbonyl (C=O) groups is 2. The largest absolute Gasteiger partial charge is 0.421 e. The zero-order chi connectivity index (χ0) is 28.0. The fourth-order valence-corrected chi connectivity index (χ4v) is 6.60. The van der Waals surface area contributed by atoms with Gasteiger partial charge in [0.2, 0.25) is 11.8 Å². The summed E-state index contributed by atoms with van der Waals surface area (Å²) in [5.41, 5.74) is 2.04. The van der Waals surface area contributed by atoms with Crippen molar-refractivity contribution in [3.63, 3.8) is 0 Å². The number of nitrogens with zero attached hydrogens (tertiary/aromatic N) is 2. The first-order valence-electron chi connectivity index (χ1n) is 11.9. The van der Waals surface area contributed by atoms with Crippen molar-refractivity contribution in [1.82, 2.24) is 4.90 Å². The Bertz CT molecular complexity index is 1350. The van der Waals surface area contributed by atoms with E-state index in [1.807, 2.05) is 0 Å². The number of fused-ring (bicyclic) bond motifs is 1. The predicted molar refractivity (Wildman–Crippen MR) is 129 cm³/mol. The first-order chi connectivity index (χ1) is 17.6. The van der Waals surface area contributed by atoms with Gasteiger partial charge in [0.05, 0.1) is 22.5 Å². The summed E-state index contributed by atoms with van der Waals surface area (Å²) in [5, 5.41) is 10.1. The Morgan fingerprint density at radius 2 is 1.76 bits per heavy atom. The number of aliphatic hydroxyl groups is 1. The second kappa shape index (κ2) is 9.84. The number of likely N-dealkylation sites (tertiary alicyclic amines) is 1. The highest BCUT2D eigenvalue weighted by molar-refractivity contribution is 7.92. The van der Waals surface area contributed by atoms with Crippen LogP contribution in [0.5, 0.6) is 0 Å². The maximum Gasteiger partial charge on any atom is 0.421 e. The Morgan fingerprint density at radius 1 is 1.11 bits per heavy atom. The molecule has 2 heterocycles. The summed E-state index contributed by atoms with van der Waals surface area (Å²) in [7, 11) is -4.37. The number of anilines is 1. The monoisotopic (exact) mass is 557 g/mol. The van der Waals surface area contributed by atoms with E-state index in [0.29, 0.717) is 13.3 Å². The lowest BCUT2D eigenvalue weighted by atomic mass is 9.89. The molecule has 2 amide bonds. The lowest BCUT2D eigenvalue weighted by Gasteiger charge is -2.39. The molecule has 8 nitrogen and oxygen atoms in total. The number of alkyl halides is 3. The third kappa shape index (κ3) is 5.08. The minimum atomic E-state index is -4.97. The molecule has 2 aromatic rings. The number of sulfonamides is 1. The van der Waals surface area contributed by atoms with Crippen LogP contribution >= 0.6 is 0 Å². The molecule has 4 rings (SSSR count). The Labute approximate surface area is 217 Å². The summed E-state index contributed by atoms with van der Waals surface area (Å²) < 4.78 is 82.3. The van der Waals surface area contributed by atoms with Crippen molar-refractivity contribution < 1.29 is 40.7 Å². The van der Waals surface area contributed by atoms with Crippen molar-refractivity contribution in [2.75, 3.05) is 17.4 Å². The molecule has 0 spiro atoms. The summed E-state index contributed by atoms with van der Waals surface area (Å²) in [6.07, 6.45) is -4.57. The van der Waals surface area contributed by atoms with Crippen LogP contribution in [-0.4, -0.2) is 55.5 Å². The van der Waals surface area contributed by atoms with Gasteiger partial charge in [-0.3, -0.25) is 13.9 Å². The van der Waals surface area contributed by atoms with Gasteiger partial charge in [0.1, 0.15) is 5.82 Å². The van der Waals surface area contributed by atoms with Gasteiger partial charge in [-0.15, -0.1) is 0 Å². The predicted octanol–water partition coefficient (Wildman–Crippen LogP) is 2.83. The second-order valence-electron chi connectivity index (χ2n) is 9.79. The van der Waals surface area contributed by atoms with E-state index in [-0.39, 0.29) is 48.5 Å². The Hall–Kier alpha value is -3.19. The Kier molecular flexibility index (Phi) is 7.21. The standard InChI is InChI=1S/C25H27F4N3O5S/c1-24(35,25(27,28)29)17-3-9-21-15(12-17)2-6-19(13-22(33)31-11-10-16(14-31)23(30)34)32(21)38(36,37)20-7-4-18(26)5-8-20/h3-5,7-9,12,16,19,35H,2,6,10-11,13-14H2,1H3,(H2,30,34)/t16?,19-,24?/m0/s1. The summed E-state index contributed by atoms with van der Waals surface area (Å²) >= 11 is 0. The van der Waals surface area contributed by atoms with E-state index in [2.05, 4.69) is 0 Å². The van der Waals surface area contributed by atoms with E-state index >= 15 is 0 Å². The normalized spacial score (nSPS) is 21.6. The zero-order valence-electron chi connectivity index (χ0n) is 20.4. The van der Waals surface area contributed by atoms with Crippen LogP contribution < -0.4 is 10.0 Å². The molecule has 1 saturated heterocycles. The Morgan fingerprint density at radius 3 is 2.34 bits per heavy atom. The quantitative estimate of drug-likeness (QED) is 0.530. The SMILES string of the molecule is CC(O)(c1ccc2c(c1)CC[C@@H](CC(=O)N1CCC(C(N)=O)C1)N2S(=O)(=O)c1ccc(F)cc1)C(F)(F)F. The molecule has 0 aliphatic carbocycles. The number of carbonyl (C=O) groups excluding carboxylic acids is 2. The van der Waals surface area contributed by atoms with Crippen molar-refractivity contribution in [2.24, 2.45) is 11.7 Å². The van der Waals surface area contributed by atoms with Crippen molar-refractivity contribution in [1.29, 1.82) is 0 Å². The van der Waals surface area contributed by atoms with Crippen LogP contribution in [0.1, 0.15) is 37.3 Å². The van der Waals surface area contributed by atoms with Gasteiger partial charge < -0.3 is 15.7 Å². The van der Waals surface area contributed by atoms with Crippen LogP contribution in [0.15, 0.2) is 47.4 Å². The van der Waals surface area contributed by atoms with Crippen LogP contribution in [0.25, 0.3) is 0 Å². The van der Waals surface area contributed by atoms with Gasteiger partial charge in [-0.2, -0.15) is 13.2 Å². The van der Waals surface area contributed by atoms with Crippen LogP contribution in [0.3, 0.4) is 0 Å². The van der Waals surface area contributed by atoms with Crippen LogP contribution in [0.4, 0.5) is 23.2 Å². The highest BCUT2D eigenvalue weighted by Crippen LogP contribution is 2.43. The van der Waals surface area contributed by atoms with Gasteiger partial charge in [0.25, 0.3) is 10.0 Å². The van der Waals surface area contributed by atoms with Crippen molar-refractivity contribution in [3.05, 3.63) is 59.4 Å². The maximum atomic E-state index is 13.7. The van der Waals surface area contributed by atoms with Gasteiger partial charge in [0, 0.05) is 19.5 Å². The van der Waals surface area contributed by atoms with Crippen molar-refractivity contribution in [2.45, 2.75) is 55.3 Å².